The molecule has 0 aromatic heterocycles. The zero-order valence-electron chi connectivity index (χ0n) is 11.1. The highest BCUT2D eigenvalue weighted by molar-refractivity contribution is 5.80. The van der Waals surface area contributed by atoms with Crippen LogP contribution in [-0.4, -0.2) is 44.0 Å². The number of carbonyl (C=O) groups is 1. The fourth-order valence-corrected chi connectivity index (χ4v) is 1.80. The van der Waals surface area contributed by atoms with E-state index in [0.29, 0.717) is 18.7 Å². The first-order valence-electron chi connectivity index (χ1n) is 6.47. The van der Waals surface area contributed by atoms with Gasteiger partial charge in [-0.05, 0) is 38.8 Å². The van der Waals surface area contributed by atoms with Crippen LogP contribution in [0.4, 0.5) is 0 Å². The molecule has 0 fully saturated rings. The van der Waals surface area contributed by atoms with Gasteiger partial charge in [-0.3, -0.25) is 9.69 Å². The molecule has 0 unspecified atom stereocenters. The van der Waals surface area contributed by atoms with Crippen LogP contribution in [0.5, 0.6) is 0 Å². The second kappa shape index (κ2) is 11.1. The van der Waals surface area contributed by atoms with Crippen LogP contribution in [0.2, 0.25) is 0 Å². The van der Waals surface area contributed by atoms with Crippen molar-refractivity contribution < 1.29 is 9.53 Å². The average Bonchev–Trinajstić information content (AvgIpc) is 2.25. The SMILES string of the molecule is CCCN(CCC)CC(=O)CCCCOC. The number of Topliss-reactive ketones (excluding diaryl/α,β-unsaturated/α-hetero) is 1. The van der Waals surface area contributed by atoms with Crippen molar-refractivity contribution >= 4 is 5.78 Å². The highest BCUT2D eigenvalue weighted by Gasteiger charge is 2.08. The minimum absolute atomic E-state index is 0.373. The van der Waals surface area contributed by atoms with E-state index in [-0.39, 0.29) is 0 Å². The van der Waals surface area contributed by atoms with Crippen molar-refractivity contribution in [3.05, 3.63) is 0 Å². The molecule has 0 amide bonds. The Hall–Kier alpha value is -0.410. The topological polar surface area (TPSA) is 29.5 Å². The first kappa shape index (κ1) is 15.6. The number of unbranched alkanes of at least 4 members (excludes halogenated alkanes) is 1. The summed E-state index contributed by atoms with van der Waals surface area (Å²) in [6.45, 7) is 7.79. The number of rotatable bonds is 11. The van der Waals surface area contributed by atoms with Gasteiger partial charge < -0.3 is 4.74 Å². The van der Waals surface area contributed by atoms with E-state index in [1.165, 1.54) is 0 Å². The van der Waals surface area contributed by atoms with Gasteiger partial charge in [0.25, 0.3) is 0 Å². The maximum absolute atomic E-state index is 11.7. The molecular weight excluding hydrogens is 202 g/mol. The lowest BCUT2D eigenvalue weighted by molar-refractivity contribution is -0.120. The first-order valence-corrected chi connectivity index (χ1v) is 6.47. The molecule has 0 atom stereocenters. The molecule has 0 aromatic carbocycles. The fraction of sp³-hybridized carbons (Fsp3) is 0.923. The van der Waals surface area contributed by atoms with Crippen molar-refractivity contribution in [2.24, 2.45) is 0 Å². The van der Waals surface area contributed by atoms with Crippen molar-refractivity contribution in [1.29, 1.82) is 0 Å². The van der Waals surface area contributed by atoms with Gasteiger partial charge in [0.2, 0.25) is 0 Å². The normalized spacial score (nSPS) is 11.0. The Balaban J connectivity index is 3.63. The van der Waals surface area contributed by atoms with Gasteiger partial charge in [0.1, 0.15) is 5.78 Å². The smallest absolute Gasteiger partial charge is 0.146 e. The predicted molar refractivity (Wildman–Crippen MR) is 67.8 cm³/mol. The average molecular weight is 229 g/mol. The Morgan fingerprint density at radius 2 is 1.75 bits per heavy atom. The summed E-state index contributed by atoms with van der Waals surface area (Å²) in [4.78, 5) is 13.9. The minimum Gasteiger partial charge on any atom is -0.385 e. The van der Waals surface area contributed by atoms with Crippen LogP contribution >= 0.6 is 0 Å². The summed E-state index contributed by atoms with van der Waals surface area (Å²) in [6.07, 6.45) is 4.89. The Morgan fingerprint density at radius 3 is 2.25 bits per heavy atom. The number of methoxy groups -OCH3 is 1. The van der Waals surface area contributed by atoms with Crippen LogP contribution in [-0.2, 0) is 9.53 Å². The summed E-state index contributed by atoms with van der Waals surface area (Å²) >= 11 is 0. The first-order chi connectivity index (χ1) is 7.74. The Morgan fingerprint density at radius 1 is 1.12 bits per heavy atom. The predicted octanol–water partition coefficient (Wildman–Crippen LogP) is 2.49. The number of ether oxygens (including phenoxy) is 1. The van der Waals surface area contributed by atoms with E-state index >= 15 is 0 Å². The molecule has 3 nitrogen and oxygen atoms in total. The van der Waals surface area contributed by atoms with Crippen LogP contribution in [0.15, 0.2) is 0 Å². The molecule has 0 aliphatic heterocycles. The van der Waals surface area contributed by atoms with Crippen molar-refractivity contribution in [1.82, 2.24) is 4.90 Å². The molecule has 0 saturated carbocycles. The standard InChI is InChI=1S/C13H27NO2/c1-4-9-14(10-5-2)12-13(15)8-6-7-11-16-3/h4-12H2,1-3H3. The third-order valence-corrected chi connectivity index (χ3v) is 2.53. The van der Waals surface area contributed by atoms with Gasteiger partial charge in [0.05, 0.1) is 6.54 Å². The zero-order valence-corrected chi connectivity index (χ0v) is 11.1. The van der Waals surface area contributed by atoms with Gasteiger partial charge >= 0.3 is 0 Å². The molecule has 0 saturated heterocycles. The summed E-state index contributed by atoms with van der Waals surface area (Å²) < 4.78 is 4.96. The molecule has 0 bridgehead atoms. The third-order valence-electron chi connectivity index (χ3n) is 2.53. The number of carbonyl (C=O) groups excluding carboxylic acids is 1. The van der Waals surface area contributed by atoms with E-state index < -0.39 is 0 Å². The van der Waals surface area contributed by atoms with Crippen LogP contribution in [0.3, 0.4) is 0 Å². The minimum atomic E-state index is 0.373. The summed E-state index contributed by atoms with van der Waals surface area (Å²) in [5.74, 6) is 0.373. The maximum atomic E-state index is 11.7. The lowest BCUT2D eigenvalue weighted by atomic mass is 10.1. The van der Waals surface area contributed by atoms with E-state index in [1.54, 1.807) is 7.11 Å². The molecule has 0 rings (SSSR count). The van der Waals surface area contributed by atoms with Gasteiger partial charge in [0, 0.05) is 20.1 Å². The summed E-state index contributed by atoms with van der Waals surface area (Å²) in [7, 11) is 1.70. The molecule has 0 N–H and O–H groups in total. The second-order valence-electron chi connectivity index (χ2n) is 4.26. The van der Waals surface area contributed by atoms with Crippen molar-refractivity contribution in [2.45, 2.75) is 46.0 Å². The molecule has 0 radical (unpaired) electrons. The largest absolute Gasteiger partial charge is 0.385 e. The Labute approximate surface area is 100 Å². The number of hydrogen-bond acceptors (Lipinski definition) is 3. The summed E-state index contributed by atoms with van der Waals surface area (Å²) in [6, 6.07) is 0. The molecule has 0 spiro atoms. The van der Waals surface area contributed by atoms with Crippen LogP contribution in [0.25, 0.3) is 0 Å². The van der Waals surface area contributed by atoms with Gasteiger partial charge in [-0.2, -0.15) is 0 Å². The monoisotopic (exact) mass is 229 g/mol. The molecule has 16 heavy (non-hydrogen) atoms. The van der Waals surface area contributed by atoms with E-state index in [4.69, 9.17) is 4.74 Å². The molecule has 96 valence electrons. The Bertz CT molecular complexity index is 165. The summed E-state index contributed by atoms with van der Waals surface area (Å²) in [5.41, 5.74) is 0. The van der Waals surface area contributed by atoms with Gasteiger partial charge in [-0.1, -0.05) is 13.8 Å². The second-order valence-corrected chi connectivity index (χ2v) is 4.26. The van der Waals surface area contributed by atoms with Crippen molar-refractivity contribution in [2.75, 3.05) is 33.4 Å². The summed E-state index contributed by atoms with van der Waals surface area (Å²) in [5, 5.41) is 0. The molecule has 3 heteroatoms. The van der Waals surface area contributed by atoms with E-state index in [2.05, 4.69) is 18.7 Å². The maximum Gasteiger partial charge on any atom is 0.146 e. The molecular formula is C13H27NO2. The fourth-order valence-electron chi connectivity index (χ4n) is 1.80. The third kappa shape index (κ3) is 8.86. The van der Waals surface area contributed by atoms with E-state index in [1.807, 2.05) is 0 Å². The number of nitrogens with zero attached hydrogens (tertiary/aromatic N) is 1. The lowest BCUT2D eigenvalue weighted by Crippen LogP contribution is -2.31. The number of hydrogen-bond donors (Lipinski definition) is 0. The Kier molecular flexibility index (Phi) is 10.8. The molecule has 0 heterocycles. The van der Waals surface area contributed by atoms with Gasteiger partial charge in [-0.15, -0.1) is 0 Å². The highest BCUT2D eigenvalue weighted by atomic mass is 16.5. The van der Waals surface area contributed by atoms with Gasteiger partial charge in [0.15, 0.2) is 0 Å². The number of ketones is 1. The lowest BCUT2D eigenvalue weighted by Gasteiger charge is -2.19. The van der Waals surface area contributed by atoms with Crippen molar-refractivity contribution in [3.63, 3.8) is 0 Å². The van der Waals surface area contributed by atoms with Crippen molar-refractivity contribution in [3.8, 4) is 0 Å². The van der Waals surface area contributed by atoms with E-state index in [9.17, 15) is 4.79 Å². The molecule has 0 aliphatic rings. The van der Waals surface area contributed by atoms with E-state index in [0.717, 1.165) is 45.4 Å². The van der Waals surface area contributed by atoms with Crippen LogP contribution < -0.4 is 0 Å². The van der Waals surface area contributed by atoms with Crippen LogP contribution in [0, 0.1) is 0 Å². The van der Waals surface area contributed by atoms with Crippen LogP contribution in [0.1, 0.15) is 46.0 Å². The van der Waals surface area contributed by atoms with Gasteiger partial charge in [-0.25, -0.2) is 0 Å². The highest BCUT2D eigenvalue weighted by Crippen LogP contribution is 2.00. The quantitative estimate of drug-likeness (QED) is 0.510. The zero-order chi connectivity index (χ0) is 12.2. The molecule has 0 aromatic rings. The molecule has 0 aliphatic carbocycles.